The fourth-order valence-electron chi connectivity index (χ4n) is 3.77. The number of halogens is 1. The van der Waals surface area contributed by atoms with Crippen molar-refractivity contribution in [3.63, 3.8) is 0 Å². The number of fused-ring (bicyclic) bond motifs is 1. The van der Waals surface area contributed by atoms with E-state index in [1.54, 1.807) is 31.2 Å². The molecule has 1 fully saturated rings. The fourth-order valence-corrected chi connectivity index (χ4v) is 3.77. The second-order valence-electron chi connectivity index (χ2n) is 7.22. The van der Waals surface area contributed by atoms with Crippen LogP contribution >= 0.6 is 0 Å². The van der Waals surface area contributed by atoms with Crippen LogP contribution in [0.4, 0.5) is 10.1 Å². The Morgan fingerprint density at radius 2 is 1.93 bits per heavy atom. The van der Waals surface area contributed by atoms with E-state index in [1.807, 2.05) is 11.0 Å². The zero-order chi connectivity index (χ0) is 20.5. The van der Waals surface area contributed by atoms with Crippen molar-refractivity contribution in [2.24, 2.45) is 0 Å². The lowest BCUT2D eigenvalue weighted by atomic mass is 10.1. The minimum Gasteiger partial charge on any atom is -0.508 e. The summed E-state index contributed by atoms with van der Waals surface area (Å²) < 4.78 is 19.6. The van der Waals surface area contributed by atoms with Crippen LogP contribution in [-0.4, -0.2) is 36.2 Å². The summed E-state index contributed by atoms with van der Waals surface area (Å²) in [6, 6.07) is 11.3. The second kappa shape index (κ2) is 7.57. The fraction of sp³-hybridized carbons (Fsp3) is 0.273. The van der Waals surface area contributed by atoms with E-state index in [9.17, 15) is 14.3 Å². The van der Waals surface area contributed by atoms with Crippen molar-refractivity contribution in [1.82, 2.24) is 4.90 Å². The molecule has 0 atom stereocenters. The highest BCUT2D eigenvalue weighted by atomic mass is 19.1. The quantitative estimate of drug-likeness (QED) is 0.689. The number of hydrogen-bond donors (Lipinski definition) is 1. The Labute approximate surface area is 167 Å². The van der Waals surface area contributed by atoms with Crippen molar-refractivity contribution in [2.75, 3.05) is 31.1 Å². The van der Waals surface area contributed by atoms with Gasteiger partial charge in [-0.3, -0.25) is 4.90 Å². The standard InChI is InChI=1S/C22H20FN3O3/c1-14-20(27)5-3-17-16(11-21(28)29-22(14)17)13-25-6-8-26(9-7-25)19-4-2-15(12-24)10-18(19)23/h2-5,10-11,27H,6-9,13H2,1H3. The van der Waals surface area contributed by atoms with Crippen LogP contribution in [0.1, 0.15) is 16.7 Å². The summed E-state index contributed by atoms with van der Waals surface area (Å²) in [5.74, 6) is -0.296. The van der Waals surface area contributed by atoms with Gasteiger partial charge in [-0.25, -0.2) is 9.18 Å². The van der Waals surface area contributed by atoms with Crippen molar-refractivity contribution in [1.29, 1.82) is 5.26 Å². The molecule has 29 heavy (non-hydrogen) atoms. The van der Waals surface area contributed by atoms with Crippen molar-refractivity contribution in [3.05, 3.63) is 69.3 Å². The Morgan fingerprint density at radius 1 is 1.17 bits per heavy atom. The monoisotopic (exact) mass is 393 g/mol. The van der Waals surface area contributed by atoms with Gasteiger partial charge in [-0.2, -0.15) is 5.26 Å². The number of hydrogen-bond acceptors (Lipinski definition) is 6. The molecule has 1 aliphatic rings. The number of nitrogens with zero attached hydrogens (tertiary/aromatic N) is 3. The third kappa shape index (κ3) is 3.67. The van der Waals surface area contributed by atoms with Crippen LogP contribution in [0.3, 0.4) is 0 Å². The molecule has 3 aromatic rings. The maximum absolute atomic E-state index is 14.3. The third-order valence-electron chi connectivity index (χ3n) is 5.40. The number of phenols is 1. The summed E-state index contributed by atoms with van der Waals surface area (Å²) in [7, 11) is 0. The number of rotatable bonds is 3. The van der Waals surface area contributed by atoms with Gasteiger partial charge in [0, 0.05) is 49.7 Å². The molecule has 4 rings (SSSR count). The molecule has 1 aromatic heterocycles. The Hall–Kier alpha value is -3.37. The molecular weight excluding hydrogens is 373 g/mol. The molecule has 0 spiro atoms. The zero-order valence-electron chi connectivity index (χ0n) is 16.0. The molecule has 0 saturated carbocycles. The van der Waals surface area contributed by atoms with E-state index in [2.05, 4.69) is 4.90 Å². The maximum Gasteiger partial charge on any atom is 0.336 e. The number of phenolic OH excluding ortho intramolecular Hbond substituents is 1. The zero-order valence-corrected chi connectivity index (χ0v) is 16.0. The van der Waals surface area contributed by atoms with E-state index in [0.717, 1.165) is 10.9 Å². The minimum absolute atomic E-state index is 0.0934. The minimum atomic E-state index is -0.445. The Morgan fingerprint density at radius 3 is 2.62 bits per heavy atom. The molecule has 1 N–H and O–H groups in total. The second-order valence-corrected chi connectivity index (χ2v) is 7.22. The van der Waals surface area contributed by atoms with E-state index in [-0.39, 0.29) is 11.6 Å². The molecule has 0 aliphatic carbocycles. The van der Waals surface area contributed by atoms with Gasteiger partial charge in [-0.15, -0.1) is 0 Å². The Kier molecular flexibility index (Phi) is 4.95. The molecule has 6 nitrogen and oxygen atoms in total. The molecular formula is C22H20FN3O3. The Bertz CT molecular complexity index is 1170. The average Bonchev–Trinajstić information content (AvgIpc) is 2.71. The number of aryl methyl sites for hydroxylation is 1. The van der Waals surface area contributed by atoms with Crippen molar-refractivity contribution >= 4 is 16.7 Å². The number of aromatic hydroxyl groups is 1. The van der Waals surface area contributed by atoms with Gasteiger partial charge >= 0.3 is 5.63 Å². The molecule has 1 aliphatic heterocycles. The first-order valence-corrected chi connectivity index (χ1v) is 9.38. The summed E-state index contributed by atoms with van der Waals surface area (Å²) in [5.41, 5.74) is 2.16. The van der Waals surface area contributed by atoms with E-state index in [4.69, 9.17) is 9.68 Å². The third-order valence-corrected chi connectivity index (χ3v) is 5.40. The van der Waals surface area contributed by atoms with E-state index in [0.29, 0.717) is 55.1 Å². The summed E-state index contributed by atoms with van der Waals surface area (Å²) in [5, 5.41) is 19.6. The molecule has 0 amide bonds. The molecule has 0 bridgehead atoms. The highest BCUT2D eigenvalue weighted by Gasteiger charge is 2.21. The lowest BCUT2D eigenvalue weighted by Gasteiger charge is -2.36. The predicted molar refractivity (Wildman–Crippen MR) is 107 cm³/mol. The van der Waals surface area contributed by atoms with Gasteiger partial charge in [0.2, 0.25) is 0 Å². The molecule has 2 heterocycles. The summed E-state index contributed by atoms with van der Waals surface area (Å²) >= 11 is 0. The van der Waals surface area contributed by atoms with Gasteiger partial charge in [-0.05, 0) is 42.8 Å². The maximum atomic E-state index is 14.3. The Balaban J connectivity index is 1.51. The molecule has 148 valence electrons. The molecule has 1 saturated heterocycles. The van der Waals surface area contributed by atoms with Gasteiger partial charge in [0.05, 0.1) is 17.3 Å². The average molecular weight is 393 g/mol. The molecule has 0 radical (unpaired) electrons. The first-order chi connectivity index (χ1) is 14.0. The lowest BCUT2D eigenvalue weighted by Crippen LogP contribution is -2.46. The number of piperazine rings is 1. The van der Waals surface area contributed by atoms with E-state index < -0.39 is 5.63 Å². The van der Waals surface area contributed by atoms with Crippen LogP contribution in [0, 0.1) is 24.1 Å². The van der Waals surface area contributed by atoms with E-state index in [1.165, 1.54) is 12.1 Å². The molecule has 7 heteroatoms. The SMILES string of the molecule is Cc1c(O)ccc2c(CN3CCN(c4ccc(C#N)cc4F)CC3)cc(=O)oc12. The van der Waals surface area contributed by atoms with Gasteiger partial charge in [0.15, 0.2) is 0 Å². The number of anilines is 1. The van der Waals surface area contributed by atoms with Crippen molar-refractivity contribution in [3.8, 4) is 11.8 Å². The predicted octanol–water partition coefficient (Wildman–Crippen LogP) is 3.14. The highest BCUT2D eigenvalue weighted by Crippen LogP contribution is 2.28. The van der Waals surface area contributed by atoms with Crippen molar-refractivity contribution < 1.29 is 13.9 Å². The van der Waals surface area contributed by atoms with Crippen LogP contribution in [-0.2, 0) is 6.54 Å². The highest BCUT2D eigenvalue weighted by molar-refractivity contribution is 5.84. The normalized spacial score (nSPS) is 14.9. The summed E-state index contributed by atoms with van der Waals surface area (Å²) in [6.07, 6.45) is 0. The first-order valence-electron chi connectivity index (χ1n) is 9.38. The summed E-state index contributed by atoms with van der Waals surface area (Å²) in [6.45, 7) is 4.98. The lowest BCUT2D eigenvalue weighted by molar-refractivity contribution is 0.249. The van der Waals surface area contributed by atoms with Crippen LogP contribution < -0.4 is 10.5 Å². The van der Waals surface area contributed by atoms with E-state index >= 15 is 0 Å². The van der Waals surface area contributed by atoms with Crippen LogP contribution in [0.5, 0.6) is 5.75 Å². The summed E-state index contributed by atoms with van der Waals surface area (Å²) in [4.78, 5) is 16.2. The smallest absolute Gasteiger partial charge is 0.336 e. The van der Waals surface area contributed by atoms with Gasteiger partial charge in [0.1, 0.15) is 17.1 Å². The largest absolute Gasteiger partial charge is 0.508 e. The van der Waals surface area contributed by atoms with Crippen LogP contribution in [0.25, 0.3) is 11.0 Å². The topological polar surface area (TPSA) is 80.7 Å². The van der Waals surface area contributed by atoms with Crippen LogP contribution in [0.2, 0.25) is 0 Å². The van der Waals surface area contributed by atoms with Gasteiger partial charge in [0.25, 0.3) is 0 Å². The molecule has 0 unspecified atom stereocenters. The number of benzene rings is 2. The van der Waals surface area contributed by atoms with Crippen molar-refractivity contribution in [2.45, 2.75) is 13.5 Å². The first kappa shape index (κ1) is 19.0. The number of nitriles is 1. The van der Waals surface area contributed by atoms with Gasteiger partial charge < -0.3 is 14.4 Å². The van der Waals surface area contributed by atoms with Crippen LogP contribution in [0.15, 0.2) is 45.6 Å². The van der Waals surface area contributed by atoms with Gasteiger partial charge in [-0.1, -0.05) is 0 Å². The molecule has 2 aromatic carbocycles.